The molecule has 1 rings (SSSR count). The molecule has 0 aromatic carbocycles. The van der Waals surface area contributed by atoms with E-state index < -0.39 is 0 Å². The van der Waals surface area contributed by atoms with Crippen LogP contribution in [0.15, 0.2) is 0 Å². The van der Waals surface area contributed by atoms with Gasteiger partial charge in [0, 0.05) is 13.1 Å². The van der Waals surface area contributed by atoms with Gasteiger partial charge in [-0.05, 0) is 18.8 Å². The lowest BCUT2D eigenvalue weighted by Crippen LogP contribution is -2.42. The van der Waals surface area contributed by atoms with Gasteiger partial charge in [-0.3, -0.25) is 10.2 Å². The highest BCUT2D eigenvalue weighted by Crippen LogP contribution is 2.18. The Morgan fingerprint density at radius 1 is 1.55 bits per heavy atom. The zero-order chi connectivity index (χ0) is 8.10. The summed E-state index contributed by atoms with van der Waals surface area (Å²) < 4.78 is 0. The van der Waals surface area contributed by atoms with E-state index in [9.17, 15) is 4.79 Å². The van der Waals surface area contributed by atoms with E-state index in [4.69, 9.17) is 0 Å². The molecule has 1 aliphatic heterocycles. The Kier molecular flexibility index (Phi) is 3.36. The first-order valence-electron chi connectivity index (χ1n) is 4.31. The van der Waals surface area contributed by atoms with E-state index in [0.717, 1.165) is 25.4 Å². The first-order chi connectivity index (χ1) is 5.36. The third-order valence-corrected chi connectivity index (χ3v) is 2.43. The Balaban J connectivity index is 2.18. The standard InChI is InChI=1S/C8H16N2O/c1-2-8-3-5-10(6-4-8)9-7-11/h7-8H,2-6H2,1H3,(H,9,11). The van der Waals surface area contributed by atoms with E-state index in [1.54, 1.807) is 0 Å². The minimum atomic E-state index is 0.756. The van der Waals surface area contributed by atoms with Crippen LogP contribution in [0.5, 0.6) is 0 Å². The zero-order valence-electron chi connectivity index (χ0n) is 7.05. The van der Waals surface area contributed by atoms with Gasteiger partial charge in [0.2, 0.25) is 6.41 Å². The number of hydrogen-bond donors (Lipinski definition) is 1. The van der Waals surface area contributed by atoms with Gasteiger partial charge >= 0.3 is 0 Å². The second-order valence-corrected chi connectivity index (χ2v) is 3.09. The molecule has 64 valence electrons. The summed E-state index contributed by atoms with van der Waals surface area (Å²) in [5.41, 5.74) is 2.68. The molecule has 1 heterocycles. The van der Waals surface area contributed by atoms with Crippen molar-refractivity contribution >= 4 is 6.41 Å². The Morgan fingerprint density at radius 3 is 2.64 bits per heavy atom. The molecule has 0 saturated carbocycles. The molecule has 0 unspecified atom stereocenters. The van der Waals surface area contributed by atoms with Gasteiger partial charge in [0.25, 0.3) is 0 Å². The monoisotopic (exact) mass is 156 g/mol. The molecule has 1 fully saturated rings. The fourth-order valence-corrected chi connectivity index (χ4v) is 1.54. The molecule has 0 radical (unpaired) electrons. The third-order valence-electron chi connectivity index (χ3n) is 2.43. The lowest BCUT2D eigenvalue weighted by molar-refractivity contribution is -0.114. The third kappa shape index (κ3) is 2.50. The number of hydrazine groups is 1. The van der Waals surface area contributed by atoms with Crippen LogP contribution in [0.2, 0.25) is 0 Å². The topological polar surface area (TPSA) is 32.3 Å². The maximum Gasteiger partial charge on any atom is 0.221 e. The summed E-state index contributed by atoms with van der Waals surface area (Å²) in [6, 6.07) is 0. The van der Waals surface area contributed by atoms with Crippen LogP contribution in [0.25, 0.3) is 0 Å². The van der Waals surface area contributed by atoms with E-state index >= 15 is 0 Å². The minimum absolute atomic E-state index is 0.756. The first kappa shape index (κ1) is 8.53. The smallest absolute Gasteiger partial charge is 0.221 e. The summed E-state index contributed by atoms with van der Waals surface area (Å²) in [6.07, 6.45) is 4.47. The summed E-state index contributed by atoms with van der Waals surface area (Å²) in [5.74, 6) is 0.875. The second kappa shape index (κ2) is 4.34. The fourth-order valence-electron chi connectivity index (χ4n) is 1.54. The van der Waals surface area contributed by atoms with E-state index in [2.05, 4.69) is 12.3 Å². The Hall–Kier alpha value is -0.570. The van der Waals surface area contributed by atoms with Crippen LogP contribution in [0, 0.1) is 5.92 Å². The molecule has 3 heteroatoms. The van der Waals surface area contributed by atoms with Crippen LogP contribution in [0.3, 0.4) is 0 Å². The number of hydrogen-bond acceptors (Lipinski definition) is 2. The summed E-state index contributed by atoms with van der Waals surface area (Å²) in [6.45, 7) is 4.25. The van der Waals surface area contributed by atoms with Crippen LogP contribution in [-0.2, 0) is 4.79 Å². The first-order valence-corrected chi connectivity index (χ1v) is 4.31. The molecule has 1 N–H and O–H groups in total. The van der Waals surface area contributed by atoms with E-state index in [-0.39, 0.29) is 0 Å². The van der Waals surface area contributed by atoms with Crippen molar-refractivity contribution in [2.45, 2.75) is 26.2 Å². The Bertz CT molecular complexity index is 119. The van der Waals surface area contributed by atoms with E-state index in [1.165, 1.54) is 19.3 Å². The SMILES string of the molecule is CCC1CCN(NC=O)CC1. The van der Waals surface area contributed by atoms with Crippen LogP contribution < -0.4 is 5.43 Å². The predicted octanol–water partition coefficient (Wildman–Crippen LogP) is 0.769. The summed E-state index contributed by atoms with van der Waals surface area (Å²) >= 11 is 0. The molecule has 0 aromatic rings. The lowest BCUT2D eigenvalue weighted by Gasteiger charge is -2.30. The van der Waals surface area contributed by atoms with Gasteiger partial charge in [0.15, 0.2) is 0 Å². The summed E-state index contributed by atoms with van der Waals surface area (Å²) in [5, 5.41) is 1.99. The summed E-state index contributed by atoms with van der Waals surface area (Å²) in [7, 11) is 0. The van der Waals surface area contributed by atoms with Crippen molar-refractivity contribution in [1.82, 2.24) is 10.4 Å². The van der Waals surface area contributed by atoms with Crippen molar-refractivity contribution in [1.29, 1.82) is 0 Å². The lowest BCUT2D eigenvalue weighted by atomic mass is 9.95. The van der Waals surface area contributed by atoms with Gasteiger partial charge in [0.1, 0.15) is 0 Å². The van der Waals surface area contributed by atoms with Crippen molar-refractivity contribution in [3.05, 3.63) is 0 Å². The quantitative estimate of drug-likeness (QED) is 0.612. The number of nitrogens with one attached hydrogen (secondary N) is 1. The number of nitrogens with zero attached hydrogens (tertiary/aromatic N) is 1. The highest BCUT2D eigenvalue weighted by molar-refractivity contribution is 5.44. The largest absolute Gasteiger partial charge is 0.292 e. The maximum absolute atomic E-state index is 10.1. The van der Waals surface area contributed by atoms with Crippen LogP contribution in [0.1, 0.15) is 26.2 Å². The van der Waals surface area contributed by atoms with Crippen molar-refractivity contribution in [2.24, 2.45) is 5.92 Å². The van der Waals surface area contributed by atoms with Gasteiger partial charge in [-0.2, -0.15) is 0 Å². The zero-order valence-corrected chi connectivity index (χ0v) is 7.05. The molecular formula is C8H16N2O. The molecule has 11 heavy (non-hydrogen) atoms. The van der Waals surface area contributed by atoms with Crippen molar-refractivity contribution in [3.8, 4) is 0 Å². The van der Waals surface area contributed by atoms with Crippen molar-refractivity contribution in [2.75, 3.05) is 13.1 Å². The summed E-state index contributed by atoms with van der Waals surface area (Å²) in [4.78, 5) is 10.1. The molecule has 0 bridgehead atoms. The molecular weight excluding hydrogens is 140 g/mol. The van der Waals surface area contributed by atoms with Crippen molar-refractivity contribution in [3.63, 3.8) is 0 Å². The van der Waals surface area contributed by atoms with E-state index in [0.29, 0.717) is 0 Å². The van der Waals surface area contributed by atoms with Gasteiger partial charge in [0.05, 0.1) is 0 Å². The van der Waals surface area contributed by atoms with Crippen LogP contribution >= 0.6 is 0 Å². The molecule has 3 nitrogen and oxygen atoms in total. The number of carbonyl (C=O) groups excluding carboxylic acids is 1. The Labute approximate surface area is 67.7 Å². The average molecular weight is 156 g/mol. The molecule has 1 amide bonds. The number of amides is 1. The van der Waals surface area contributed by atoms with Gasteiger partial charge in [-0.25, -0.2) is 5.01 Å². The van der Waals surface area contributed by atoms with Crippen LogP contribution in [0.4, 0.5) is 0 Å². The normalized spacial score (nSPS) is 21.5. The molecule has 0 aliphatic carbocycles. The highest BCUT2D eigenvalue weighted by Gasteiger charge is 2.16. The average Bonchev–Trinajstić information content (AvgIpc) is 2.07. The second-order valence-electron chi connectivity index (χ2n) is 3.09. The van der Waals surface area contributed by atoms with Gasteiger partial charge in [-0.15, -0.1) is 0 Å². The van der Waals surface area contributed by atoms with E-state index in [1.807, 2.05) is 5.01 Å². The van der Waals surface area contributed by atoms with Crippen LogP contribution in [-0.4, -0.2) is 24.5 Å². The molecule has 0 atom stereocenters. The molecule has 0 spiro atoms. The predicted molar refractivity (Wildman–Crippen MR) is 43.8 cm³/mol. The molecule has 1 saturated heterocycles. The number of piperidine rings is 1. The Morgan fingerprint density at radius 2 is 2.18 bits per heavy atom. The maximum atomic E-state index is 10.1. The van der Waals surface area contributed by atoms with Gasteiger partial charge < -0.3 is 0 Å². The molecule has 1 aliphatic rings. The number of carbonyl (C=O) groups is 1. The number of rotatable bonds is 3. The minimum Gasteiger partial charge on any atom is -0.292 e. The van der Waals surface area contributed by atoms with Gasteiger partial charge in [-0.1, -0.05) is 13.3 Å². The molecule has 0 aromatic heterocycles. The van der Waals surface area contributed by atoms with Crippen molar-refractivity contribution < 1.29 is 4.79 Å². The fraction of sp³-hybridized carbons (Fsp3) is 0.875. The highest BCUT2D eigenvalue weighted by atomic mass is 16.1.